The van der Waals surface area contributed by atoms with Gasteiger partial charge in [-0.05, 0) is 42.2 Å². The standard InChI is InChI=1S/C23H26N4O2/c1-15-13-20(25-17-10-8-9-16(14-17)21(28)29-5)27-22(24-15)26-19-12-7-6-11-18(19)23(2,3)4/h6-14H,1-5H3,(H2,24,25,26,27). The lowest BCUT2D eigenvalue weighted by Crippen LogP contribution is -2.14. The molecule has 3 rings (SSSR count). The highest BCUT2D eigenvalue weighted by molar-refractivity contribution is 5.90. The number of hydrogen-bond acceptors (Lipinski definition) is 6. The van der Waals surface area contributed by atoms with E-state index in [1.807, 2.05) is 37.3 Å². The number of rotatable bonds is 5. The van der Waals surface area contributed by atoms with E-state index < -0.39 is 0 Å². The quantitative estimate of drug-likeness (QED) is 0.572. The summed E-state index contributed by atoms with van der Waals surface area (Å²) in [7, 11) is 1.36. The molecule has 0 aliphatic carbocycles. The molecule has 0 bridgehead atoms. The van der Waals surface area contributed by atoms with Gasteiger partial charge in [-0.3, -0.25) is 0 Å². The van der Waals surface area contributed by atoms with Crippen molar-refractivity contribution in [1.29, 1.82) is 0 Å². The molecule has 0 radical (unpaired) electrons. The number of nitrogens with one attached hydrogen (secondary N) is 2. The zero-order valence-electron chi connectivity index (χ0n) is 17.4. The molecule has 0 saturated heterocycles. The van der Waals surface area contributed by atoms with Crippen LogP contribution in [0.5, 0.6) is 0 Å². The fourth-order valence-corrected chi connectivity index (χ4v) is 3.04. The van der Waals surface area contributed by atoms with Gasteiger partial charge in [0.2, 0.25) is 5.95 Å². The monoisotopic (exact) mass is 390 g/mol. The maximum atomic E-state index is 11.8. The Labute approximate surface area is 171 Å². The number of para-hydroxylation sites is 1. The smallest absolute Gasteiger partial charge is 0.337 e. The largest absolute Gasteiger partial charge is 0.465 e. The predicted molar refractivity (Wildman–Crippen MR) is 116 cm³/mol. The van der Waals surface area contributed by atoms with E-state index in [0.29, 0.717) is 17.3 Å². The van der Waals surface area contributed by atoms with Crippen molar-refractivity contribution in [2.75, 3.05) is 17.7 Å². The summed E-state index contributed by atoms with van der Waals surface area (Å²) in [6, 6.07) is 17.1. The number of anilines is 4. The highest BCUT2D eigenvalue weighted by Gasteiger charge is 2.18. The Morgan fingerprint density at radius 3 is 2.45 bits per heavy atom. The first kappa shape index (κ1) is 20.3. The molecule has 3 aromatic rings. The number of hydrogen-bond donors (Lipinski definition) is 2. The number of aryl methyl sites for hydroxylation is 1. The lowest BCUT2D eigenvalue weighted by molar-refractivity contribution is 0.0601. The summed E-state index contributed by atoms with van der Waals surface area (Å²) in [6.07, 6.45) is 0. The van der Waals surface area contributed by atoms with E-state index >= 15 is 0 Å². The van der Waals surface area contributed by atoms with Gasteiger partial charge in [0.15, 0.2) is 0 Å². The molecule has 0 saturated carbocycles. The van der Waals surface area contributed by atoms with Gasteiger partial charge in [-0.15, -0.1) is 0 Å². The van der Waals surface area contributed by atoms with E-state index in [0.717, 1.165) is 17.1 Å². The predicted octanol–water partition coefficient (Wildman–Crippen LogP) is 5.36. The molecule has 0 spiro atoms. The van der Waals surface area contributed by atoms with Crippen molar-refractivity contribution in [2.45, 2.75) is 33.1 Å². The number of ether oxygens (including phenoxy) is 1. The highest BCUT2D eigenvalue weighted by Crippen LogP contribution is 2.31. The first-order chi connectivity index (χ1) is 13.8. The van der Waals surface area contributed by atoms with Crippen molar-refractivity contribution < 1.29 is 9.53 Å². The van der Waals surface area contributed by atoms with Crippen LogP contribution in [-0.2, 0) is 10.2 Å². The van der Waals surface area contributed by atoms with Gasteiger partial charge in [0.25, 0.3) is 0 Å². The van der Waals surface area contributed by atoms with Crippen LogP contribution >= 0.6 is 0 Å². The number of methoxy groups -OCH3 is 1. The number of benzene rings is 2. The molecule has 0 aliphatic rings. The summed E-state index contributed by atoms with van der Waals surface area (Å²) < 4.78 is 4.78. The molecular weight excluding hydrogens is 364 g/mol. The average Bonchev–Trinajstić information content (AvgIpc) is 2.66. The summed E-state index contributed by atoms with van der Waals surface area (Å²) in [6.45, 7) is 8.43. The van der Waals surface area contributed by atoms with E-state index in [-0.39, 0.29) is 11.4 Å². The lowest BCUT2D eigenvalue weighted by atomic mass is 9.86. The lowest BCUT2D eigenvalue weighted by Gasteiger charge is -2.23. The molecule has 0 atom stereocenters. The molecule has 150 valence electrons. The third kappa shape index (κ3) is 5.10. The number of carbonyl (C=O) groups excluding carboxylic acids is 1. The van der Waals surface area contributed by atoms with Gasteiger partial charge >= 0.3 is 5.97 Å². The summed E-state index contributed by atoms with van der Waals surface area (Å²) in [4.78, 5) is 20.9. The Morgan fingerprint density at radius 2 is 1.72 bits per heavy atom. The first-order valence-corrected chi connectivity index (χ1v) is 9.44. The SMILES string of the molecule is COC(=O)c1cccc(Nc2cc(C)nc(Nc3ccccc3C(C)(C)C)n2)c1. The minimum absolute atomic E-state index is 0.0111. The maximum absolute atomic E-state index is 11.8. The number of carbonyl (C=O) groups is 1. The van der Waals surface area contributed by atoms with Crippen LogP contribution in [-0.4, -0.2) is 23.0 Å². The van der Waals surface area contributed by atoms with Crippen LogP contribution in [0.25, 0.3) is 0 Å². The Hall–Kier alpha value is -3.41. The third-order valence-corrected chi connectivity index (χ3v) is 4.39. The van der Waals surface area contributed by atoms with Crippen molar-refractivity contribution >= 4 is 29.1 Å². The molecule has 2 N–H and O–H groups in total. The highest BCUT2D eigenvalue weighted by atomic mass is 16.5. The topological polar surface area (TPSA) is 76.1 Å². The van der Waals surface area contributed by atoms with Gasteiger partial charge < -0.3 is 15.4 Å². The van der Waals surface area contributed by atoms with Crippen LogP contribution in [0.2, 0.25) is 0 Å². The Morgan fingerprint density at radius 1 is 0.966 bits per heavy atom. The molecule has 1 aromatic heterocycles. The van der Waals surface area contributed by atoms with Gasteiger partial charge in [-0.2, -0.15) is 4.98 Å². The fourth-order valence-electron chi connectivity index (χ4n) is 3.04. The number of esters is 1. The fraction of sp³-hybridized carbons (Fsp3) is 0.261. The van der Waals surface area contributed by atoms with Gasteiger partial charge in [0.1, 0.15) is 5.82 Å². The van der Waals surface area contributed by atoms with Crippen LogP contribution in [0.3, 0.4) is 0 Å². The summed E-state index contributed by atoms with van der Waals surface area (Å²) >= 11 is 0. The Bertz CT molecular complexity index is 1030. The van der Waals surface area contributed by atoms with Crippen molar-refractivity contribution in [3.05, 3.63) is 71.4 Å². The average molecular weight is 390 g/mol. The van der Waals surface area contributed by atoms with E-state index in [1.165, 1.54) is 12.7 Å². The van der Waals surface area contributed by atoms with Gasteiger partial charge in [-0.25, -0.2) is 9.78 Å². The molecule has 6 heteroatoms. The third-order valence-electron chi connectivity index (χ3n) is 4.39. The molecule has 2 aromatic carbocycles. The minimum Gasteiger partial charge on any atom is -0.465 e. The van der Waals surface area contributed by atoms with Gasteiger partial charge in [0, 0.05) is 23.1 Å². The normalized spacial score (nSPS) is 11.1. The zero-order chi connectivity index (χ0) is 21.0. The molecule has 0 aliphatic heterocycles. The molecule has 0 unspecified atom stereocenters. The van der Waals surface area contributed by atoms with Crippen molar-refractivity contribution in [1.82, 2.24) is 9.97 Å². The Kier molecular flexibility index (Phi) is 5.82. The van der Waals surface area contributed by atoms with Crippen LogP contribution in [0, 0.1) is 6.92 Å². The maximum Gasteiger partial charge on any atom is 0.337 e. The van der Waals surface area contributed by atoms with Gasteiger partial charge in [0.05, 0.1) is 12.7 Å². The Balaban J connectivity index is 1.88. The van der Waals surface area contributed by atoms with Crippen molar-refractivity contribution in [3.63, 3.8) is 0 Å². The van der Waals surface area contributed by atoms with Crippen molar-refractivity contribution in [3.8, 4) is 0 Å². The number of aromatic nitrogens is 2. The van der Waals surface area contributed by atoms with E-state index in [9.17, 15) is 4.79 Å². The molecule has 0 fully saturated rings. The first-order valence-electron chi connectivity index (χ1n) is 9.44. The van der Waals surface area contributed by atoms with Crippen LogP contribution in [0.1, 0.15) is 42.4 Å². The second-order valence-electron chi connectivity index (χ2n) is 7.84. The molecule has 1 heterocycles. The van der Waals surface area contributed by atoms with E-state index in [1.54, 1.807) is 18.2 Å². The van der Waals surface area contributed by atoms with Gasteiger partial charge in [-0.1, -0.05) is 45.0 Å². The van der Waals surface area contributed by atoms with Crippen molar-refractivity contribution in [2.24, 2.45) is 0 Å². The van der Waals surface area contributed by atoms with Crippen LogP contribution < -0.4 is 10.6 Å². The number of nitrogens with zero attached hydrogens (tertiary/aromatic N) is 2. The van der Waals surface area contributed by atoms with Crippen LogP contribution in [0.4, 0.5) is 23.1 Å². The molecule has 6 nitrogen and oxygen atoms in total. The zero-order valence-corrected chi connectivity index (χ0v) is 17.4. The summed E-state index contributed by atoms with van der Waals surface area (Å²) in [5, 5.41) is 6.58. The summed E-state index contributed by atoms with van der Waals surface area (Å²) in [5.74, 6) is 0.761. The molecular formula is C23H26N4O2. The second-order valence-corrected chi connectivity index (χ2v) is 7.84. The second kappa shape index (κ2) is 8.31. The molecule has 29 heavy (non-hydrogen) atoms. The summed E-state index contributed by atoms with van der Waals surface area (Å²) in [5.41, 5.74) is 4.19. The molecule has 0 amide bonds. The van der Waals surface area contributed by atoms with E-state index in [4.69, 9.17) is 4.74 Å². The minimum atomic E-state index is -0.381. The van der Waals surface area contributed by atoms with Crippen LogP contribution in [0.15, 0.2) is 54.6 Å². The van der Waals surface area contributed by atoms with E-state index in [2.05, 4.69) is 47.4 Å².